The molecule has 1 aromatic rings. The largest absolute Gasteiger partial charge is 0.309 e. The Morgan fingerprint density at radius 3 is 2.35 bits per heavy atom. The van der Waals surface area contributed by atoms with E-state index in [-0.39, 0.29) is 0 Å². The summed E-state index contributed by atoms with van der Waals surface area (Å²) in [5.74, 6) is 0. The highest BCUT2D eigenvalue weighted by atomic mass is 15.2. The van der Waals surface area contributed by atoms with Crippen LogP contribution in [-0.4, -0.2) is 30.1 Å². The van der Waals surface area contributed by atoms with Crippen molar-refractivity contribution < 1.29 is 0 Å². The normalized spacial score (nSPS) is 20.2. The molecule has 20 heavy (non-hydrogen) atoms. The third kappa shape index (κ3) is 3.62. The zero-order chi connectivity index (χ0) is 14.8. The molecule has 1 unspecified atom stereocenters. The molecule has 2 heteroatoms. The topological polar surface area (TPSA) is 15.3 Å². The van der Waals surface area contributed by atoms with Gasteiger partial charge in [-0.25, -0.2) is 0 Å². The van der Waals surface area contributed by atoms with Crippen LogP contribution in [-0.2, 0) is 0 Å². The van der Waals surface area contributed by atoms with Crippen molar-refractivity contribution in [2.75, 3.05) is 19.6 Å². The van der Waals surface area contributed by atoms with Gasteiger partial charge in [0.05, 0.1) is 0 Å². The molecule has 0 amide bonds. The predicted octanol–water partition coefficient (Wildman–Crippen LogP) is 3.83. The smallest absolute Gasteiger partial charge is 0.0449 e. The Bertz CT molecular complexity index is 430. The van der Waals surface area contributed by atoms with Crippen LogP contribution >= 0.6 is 0 Å². The Morgan fingerprint density at radius 1 is 1.20 bits per heavy atom. The minimum atomic E-state index is 0.354. The summed E-state index contributed by atoms with van der Waals surface area (Å²) in [5.41, 5.74) is 4.52. The van der Waals surface area contributed by atoms with Crippen LogP contribution < -0.4 is 5.32 Å². The van der Waals surface area contributed by atoms with Crippen molar-refractivity contribution in [2.24, 2.45) is 0 Å². The third-order valence-corrected chi connectivity index (χ3v) is 4.57. The summed E-state index contributed by atoms with van der Waals surface area (Å²) in [4.78, 5) is 2.65. The molecular formula is C18H30N2. The fourth-order valence-corrected chi connectivity index (χ4v) is 3.47. The molecule has 0 aliphatic carbocycles. The lowest BCUT2D eigenvalue weighted by atomic mass is 9.98. The number of likely N-dealkylation sites (tertiary alicyclic amines) is 1. The van der Waals surface area contributed by atoms with E-state index in [1.165, 1.54) is 36.1 Å². The highest BCUT2D eigenvalue weighted by Gasteiger charge is 2.33. The van der Waals surface area contributed by atoms with E-state index in [2.05, 4.69) is 63.0 Å². The van der Waals surface area contributed by atoms with Gasteiger partial charge in [-0.1, -0.05) is 36.2 Å². The number of benzene rings is 1. The summed E-state index contributed by atoms with van der Waals surface area (Å²) in [7, 11) is 0. The lowest BCUT2D eigenvalue weighted by Gasteiger charge is -2.35. The van der Waals surface area contributed by atoms with E-state index in [4.69, 9.17) is 0 Å². The monoisotopic (exact) mass is 274 g/mol. The molecule has 1 fully saturated rings. The Morgan fingerprint density at radius 2 is 1.85 bits per heavy atom. The first kappa shape index (κ1) is 15.5. The van der Waals surface area contributed by atoms with Crippen molar-refractivity contribution in [1.82, 2.24) is 10.2 Å². The summed E-state index contributed by atoms with van der Waals surface area (Å²) in [6, 6.07) is 7.37. The lowest BCUT2D eigenvalue weighted by Crippen LogP contribution is -2.43. The van der Waals surface area contributed by atoms with Gasteiger partial charge in [0.1, 0.15) is 0 Å². The van der Waals surface area contributed by atoms with Gasteiger partial charge < -0.3 is 5.32 Å². The molecule has 2 rings (SSSR count). The van der Waals surface area contributed by atoms with Crippen LogP contribution in [0.25, 0.3) is 0 Å². The average Bonchev–Trinajstić information content (AvgIpc) is 2.67. The zero-order valence-electron chi connectivity index (χ0n) is 13.8. The van der Waals surface area contributed by atoms with E-state index >= 15 is 0 Å². The summed E-state index contributed by atoms with van der Waals surface area (Å²) in [5, 5.41) is 3.68. The average molecular weight is 274 g/mol. The Kier molecular flexibility index (Phi) is 4.87. The standard InChI is InChI=1S/C18H30N2/c1-6-19-17(13-20-9-7-8-18(20,4)5)16-11-14(2)10-15(3)12-16/h10-12,17,19H,6-9,13H2,1-5H3. The molecule has 1 aliphatic rings. The van der Waals surface area contributed by atoms with Crippen LogP contribution in [0.3, 0.4) is 0 Å². The van der Waals surface area contributed by atoms with E-state index < -0.39 is 0 Å². The third-order valence-electron chi connectivity index (χ3n) is 4.57. The SMILES string of the molecule is CCNC(CN1CCCC1(C)C)c1cc(C)cc(C)c1. The summed E-state index contributed by atoms with van der Waals surface area (Å²) in [6.07, 6.45) is 2.65. The van der Waals surface area contributed by atoms with Crippen LogP contribution in [0.1, 0.15) is 56.3 Å². The second-order valence-electron chi connectivity index (χ2n) is 6.89. The molecule has 0 bridgehead atoms. The molecule has 1 aliphatic heterocycles. The summed E-state index contributed by atoms with van der Waals surface area (Å²) in [6.45, 7) is 14.7. The van der Waals surface area contributed by atoms with Gasteiger partial charge >= 0.3 is 0 Å². The highest BCUT2D eigenvalue weighted by Crippen LogP contribution is 2.30. The molecular weight excluding hydrogens is 244 g/mol. The van der Waals surface area contributed by atoms with Gasteiger partial charge in [-0.3, -0.25) is 4.90 Å². The number of nitrogens with zero attached hydrogens (tertiary/aromatic N) is 1. The van der Waals surface area contributed by atoms with Gasteiger partial charge in [0, 0.05) is 18.1 Å². The van der Waals surface area contributed by atoms with Crippen molar-refractivity contribution in [2.45, 2.75) is 59.0 Å². The minimum Gasteiger partial charge on any atom is -0.309 e. The van der Waals surface area contributed by atoms with E-state index in [0.29, 0.717) is 11.6 Å². The number of rotatable bonds is 5. The van der Waals surface area contributed by atoms with Crippen molar-refractivity contribution in [3.05, 3.63) is 34.9 Å². The zero-order valence-corrected chi connectivity index (χ0v) is 13.8. The molecule has 0 radical (unpaired) electrons. The first-order valence-corrected chi connectivity index (χ1v) is 7.99. The van der Waals surface area contributed by atoms with Gasteiger partial charge in [-0.05, 0) is 59.2 Å². The van der Waals surface area contributed by atoms with Crippen molar-refractivity contribution in [3.8, 4) is 0 Å². The Hall–Kier alpha value is -0.860. The Labute approximate surface area is 124 Å². The molecule has 2 nitrogen and oxygen atoms in total. The maximum absolute atomic E-state index is 3.68. The fraction of sp³-hybridized carbons (Fsp3) is 0.667. The van der Waals surface area contributed by atoms with Crippen LogP contribution in [0.2, 0.25) is 0 Å². The van der Waals surface area contributed by atoms with Crippen LogP contribution in [0.15, 0.2) is 18.2 Å². The molecule has 1 N–H and O–H groups in total. The highest BCUT2D eigenvalue weighted by molar-refractivity contribution is 5.31. The molecule has 1 aromatic carbocycles. The van der Waals surface area contributed by atoms with E-state index in [1.54, 1.807) is 0 Å². The number of hydrogen-bond acceptors (Lipinski definition) is 2. The quantitative estimate of drug-likeness (QED) is 0.878. The van der Waals surface area contributed by atoms with Crippen LogP contribution in [0.5, 0.6) is 0 Å². The number of hydrogen-bond donors (Lipinski definition) is 1. The summed E-state index contributed by atoms with van der Waals surface area (Å²) >= 11 is 0. The number of likely N-dealkylation sites (N-methyl/N-ethyl adjacent to an activating group) is 1. The van der Waals surface area contributed by atoms with Gasteiger partial charge in [0.2, 0.25) is 0 Å². The molecule has 0 saturated carbocycles. The van der Waals surface area contributed by atoms with Crippen LogP contribution in [0.4, 0.5) is 0 Å². The molecule has 112 valence electrons. The molecule has 0 spiro atoms. The van der Waals surface area contributed by atoms with Crippen LogP contribution in [0, 0.1) is 13.8 Å². The molecule has 1 heterocycles. The second kappa shape index (κ2) is 6.28. The van der Waals surface area contributed by atoms with Gasteiger partial charge in [0.15, 0.2) is 0 Å². The van der Waals surface area contributed by atoms with Gasteiger partial charge in [-0.2, -0.15) is 0 Å². The number of nitrogens with one attached hydrogen (secondary N) is 1. The maximum atomic E-state index is 3.68. The first-order valence-electron chi connectivity index (χ1n) is 7.99. The Balaban J connectivity index is 2.18. The fourth-order valence-electron chi connectivity index (χ4n) is 3.47. The van der Waals surface area contributed by atoms with Crippen molar-refractivity contribution in [3.63, 3.8) is 0 Å². The molecule has 0 aromatic heterocycles. The second-order valence-corrected chi connectivity index (χ2v) is 6.89. The number of aryl methyl sites for hydroxylation is 2. The lowest BCUT2D eigenvalue weighted by molar-refractivity contribution is 0.157. The summed E-state index contributed by atoms with van der Waals surface area (Å²) < 4.78 is 0. The molecule has 1 atom stereocenters. The maximum Gasteiger partial charge on any atom is 0.0449 e. The van der Waals surface area contributed by atoms with E-state index in [1.807, 2.05) is 0 Å². The van der Waals surface area contributed by atoms with Crippen molar-refractivity contribution in [1.29, 1.82) is 0 Å². The predicted molar refractivity (Wildman–Crippen MR) is 87.2 cm³/mol. The van der Waals surface area contributed by atoms with Crippen molar-refractivity contribution >= 4 is 0 Å². The molecule has 1 saturated heterocycles. The first-order chi connectivity index (χ1) is 9.42. The van der Waals surface area contributed by atoms with E-state index in [0.717, 1.165) is 13.1 Å². The van der Waals surface area contributed by atoms with E-state index in [9.17, 15) is 0 Å². The van der Waals surface area contributed by atoms with Gasteiger partial charge in [0.25, 0.3) is 0 Å². The minimum absolute atomic E-state index is 0.354. The van der Waals surface area contributed by atoms with Gasteiger partial charge in [-0.15, -0.1) is 0 Å².